The van der Waals surface area contributed by atoms with Gasteiger partial charge in [0.2, 0.25) is 10.0 Å². The van der Waals surface area contributed by atoms with Crippen molar-refractivity contribution in [3.8, 4) is 5.75 Å². The van der Waals surface area contributed by atoms with E-state index in [1.165, 1.54) is 0 Å². The molecule has 8 heteroatoms. The molecule has 7 nitrogen and oxygen atoms in total. The maximum absolute atomic E-state index is 13.0. The fraction of sp³-hybridized carbons (Fsp3) is 0.350. The standard InChI is InChI=1S/C20H26N4O3S/c1-27-18-11-5-4-10-17(18)23-20(21)22-15-16-9-3-6-12-19(16)28(25,26)24-13-7-2-8-14-24/h3-6,9-12H,2,7-8,13-15H2,1H3,(H3,21,22,23). The summed E-state index contributed by atoms with van der Waals surface area (Å²) in [6.07, 6.45) is 2.87. The van der Waals surface area contributed by atoms with Crippen LogP contribution in [0.25, 0.3) is 0 Å². The van der Waals surface area contributed by atoms with E-state index in [-0.39, 0.29) is 12.5 Å². The van der Waals surface area contributed by atoms with Crippen molar-refractivity contribution in [1.82, 2.24) is 4.31 Å². The first-order valence-electron chi connectivity index (χ1n) is 9.30. The maximum atomic E-state index is 13.0. The van der Waals surface area contributed by atoms with Crippen LogP contribution in [0.15, 0.2) is 58.4 Å². The van der Waals surface area contributed by atoms with E-state index < -0.39 is 10.0 Å². The molecule has 2 aromatic carbocycles. The van der Waals surface area contributed by atoms with Gasteiger partial charge in [-0.3, -0.25) is 0 Å². The lowest BCUT2D eigenvalue weighted by molar-refractivity contribution is 0.346. The molecule has 0 spiro atoms. The second-order valence-electron chi connectivity index (χ2n) is 6.60. The van der Waals surface area contributed by atoms with Gasteiger partial charge in [-0.05, 0) is 36.6 Å². The number of aliphatic imine (C=N–C) groups is 1. The Morgan fingerprint density at radius 1 is 1.11 bits per heavy atom. The Morgan fingerprint density at radius 2 is 1.79 bits per heavy atom. The third kappa shape index (κ3) is 4.63. The van der Waals surface area contributed by atoms with Crippen molar-refractivity contribution >= 4 is 21.7 Å². The molecule has 0 radical (unpaired) electrons. The summed E-state index contributed by atoms with van der Waals surface area (Å²) >= 11 is 0. The zero-order valence-electron chi connectivity index (χ0n) is 16.0. The molecule has 2 aromatic rings. The molecule has 3 rings (SSSR count). The molecule has 0 aliphatic carbocycles. The van der Waals surface area contributed by atoms with Crippen molar-refractivity contribution in [2.24, 2.45) is 10.7 Å². The number of anilines is 1. The number of guanidine groups is 1. The number of nitrogens with two attached hydrogens (primary N) is 1. The molecule has 3 N–H and O–H groups in total. The second kappa shape index (κ2) is 9.07. The van der Waals surface area contributed by atoms with Crippen molar-refractivity contribution in [3.05, 3.63) is 54.1 Å². The van der Waals surface area contributed by atoms with Gasteiger partial charge in [-0.25, -0.2) is 13.4 Å². The third-order valence-corrected chi connectivity index (χ3v) is 6.69. The van der Waals surface area contributed by atoms with Crippen LogP contribution >= 0.6 is 0 Å². The third-order valence-electron chi connectivity index (χ3n) is 4.69. The molecule has 0 amide bonds. The van der Waals surface area contributed by atoms with Crippen LogP contribution in [-0.4, -0.2) is 38.9 Å². The topological polar surface area (TPSA) is 97.0 Å². The van der Waals surface area contributed by atoms with Crippen molar-refractivity contribution in [3.63, 3.8) is 0 Å². The van der Waals surface area contributed by atoms with E-state index in [1.54, 1.807) is 29.6 Å². The first-order valence-corrected chi connectivity index (χ1v) is 10.7. The summed E-state index contributed by atoms with van der Waals surface area (Å²) in [4.78, 5) is 4.63. The number of nitrogens with one attached hydrogen (secondary N) is 1. The number of methoxy groups -OCH3 is 1. The Bertz CT molecular complexity index is 938. The van der Waals surface area contributed by atoms with Crippen LogP contribution in [0.2, 0.25) is 0 Å². The highest BCUT2D eigenvalue weighted by molar-refractivity contribution is 7.89. The molecule has 0 unspecified atom stereocenters. The number of ether oxygens (including phenoxy) is 1. The van der Waals surface area contributed by atoms with Gasteiger partial charge in [0.1, 0.15) is 5.75 Å². The summed E-state index contributed by atoms with van der Waals surface area (Å²) in [5.41, 5.74) is 7.32. The van der Waals surface area contributed by atoms with Gasteiger partial charge in [0.15, 0.2) is 5.96 Å². The molecular formula is C20H26N4O3S. The number of sulfonamides is 1. The lowest BCUT2D eigenvalue weighted by Gasteiger charge is -2.26. The van der Waals surface area contributed by atoms with Crippen molar-refractivity contribution < 1.29 is 13.2 Å². The van der Waals surface area contributed by atoms with Crippen LogP contribution in [0.1, 0.15) is 24.8 Å². The Kier molecular flexibility index (Phi) is 6.53. The van der Waals surface area contributed by atoms with Crippen LogP contribution in [0, 0.1) is 0 Å². The number of hydrogen-bond acceptors (Lipinski definition) is 4. The molecule has 1 heterocycles. The van der Waals surface area contributed by atoms with Crippen LogP contribution in [0.3, 0.4) is 0 Å². The van der Waals surface area contributed by atoms with Crippen molar-refractivity contribution in [2.75, 3.05) is 25.5 Å². The molecule has 0 atom stereocenters. The van der Waals surface area contributed by atoms with Gasteiger partial charge in [0.25, 0.3) is 0 Å². The number of piperidine rings is 1. The van der Waals surface area contributed by atoms with E-state index in [9.17, 15) is 8.42 Å². The normalized spacial score (nSPS) is 16.0. The van der Waals surface area contributed by atoms with Crippen molar-refractivity contribution in [1.29, 1.82) is 0 Å². The molecule has 1 aliphatic heterocycles. The fourth-order valence-electron chi connectivity index (χ4n) is 3.23. The molecule has 28 heavy (non-hydrogen) atoms. The number of benzene rings is 2. The average Bonchev–Trinajstić information content (AvgIpc) is 2.73. The summed E-state index contributed by atoms with van der Waals surface area (Å²) in [5, 5.41) is 3.00. The molecule has 1 aliphatic rings. The zero-order chi connectivity index (χ0) is 20.0. The largest absolute Gasteiger partial charge is 0.495 e. The Hall–Kier alpha value is -2.58. The molecule has 0 aromatic heterocycles. The minimum atomic E-state index is -3.53. The Balaban J connectivity index is 1.78. The summed E-state index contributed by atoms with van der Waals surface area (Å²) in [7, 11) is -1.95. The molecule has 1 saturated heterocycles. The highest BCUT2D eigenvalue weighted by Crippen LogP contribution is 2.25. The maximum Gasteiger partial charge on any atom is 0.243 e. The van der Waals surface area contributed by atoms with E-state index in [4.69, 9.17) is 10.5 Å². The monoisotopic (exact) mass is 402 g/mol. The Labute approximate surface area is 166 Å². The first kappa shape index (κ1) is 20.2. The highest BCUT2D eigenvalue weighted by Gasteiger charge is 2.27. The number of para-hydroxylation sites is 2. The fourth-order valence-corrected chi connectivity index (χ4v) is 4.96. The molecule has 1 fully saturated rings. The summed E-state index contributed by atoms with van der Waals surface area (Å²) in [5.74, 6) is 0.836. The predicted octanol–water partition coefficient (Wildman–Crippen LogP) is 2.80. The van der Waals surface area contributed by atoms with Crippen LogP contribution in [0.4, 0.5) is 5.69 Å². The van der Waals surface area contributed by atoms with Crippen LogP contribution in [-0.2, 0) is 16.6 Å². The lowest BCUT2D eigenvalue weighted by Crippen LogP contribution is -2.36. The summed E-state index contributed by atoms with van der Waals surface area (Å²) < 4.78 is 32.9. The Morgan fingerprint density at radius 3 is 2.54 bits per heavy atom. The van der Waals surface area contributed by atoms with Crippen LogP contribution < -0.4 is 15.8 Å². The van der Waals surface area contributed by atoms with Crippen LogP contribution in [0.5, 0.6) is 5.75 Å². The van der Waals surface area contributed by atoms with Gasteiger partial charge < -0.3 is 15.8 Å². The van der Waals surface area contributed by atoms with E-state index in [0.29, 0.717) is 35.0 Å². The van der Waals surface area contributed by atoms with Gasteiger partial charge >= 0.3 is 0 Å². The minimum absolute atomic E-state index is 0.164. The average molecular weight is 403 g/mol. The van der Waals surface area contributed by atoms with E-state index in [2.05, 4.69) is 10.3 Å². The van der Waals surface area contributed by atoms with E-state index in [0.717, 1.165) is 19.3 Å². The van der Waals surface area contributed by atoms with E-state index >= 15 is 0 Å². The SMILES string of the molecule is COc1ccccc1NC(N)=NCc1ccccc1S(=O)(=O)N1CCCCC1. The smallest absolute Gasteiger partial charge is 0.243 e. The van der Waals surface area contributed by atoms with E-state index in [1.807, 2.05) is 30.3 Å². The van der Waals surface area contributed by atoms with Gasteiger partial charge in [0.05, 0.1) is 24.2 Å². The van der Waals surface area contributed by atoms with Gasteiger partial charge in [-0.1, -0.05) is 36.8 Å². The first-order chi connectivity index (χ1) is 13.5. The summed E-state index contributed by atoms with van der Waals surface area (Å²) in [6, 6.07) is 14.3. The predicted molar refractivity (Wildman–Crippen MR) is 111 cm³/mol. The van der Waals surface area contributed by atoms with Gasteiger partial charge in [-0.15, -0.1) is 0 Å². The minimum Gasteiger partial charge on any atom is -0.495 e. The number of rotatable bonds is 6. The summed E-state index contributed by atoms with van der Waals surface area (Å²) in [6.45, 7) is 1.30. The van der Waals surface area contributed by atoms with Gasteiger partial charge in [0, 0.05) is 13.1 Å². The lowest BCUT2D eigenvalue weighted by atomic mass is 10.2. The quantitative estimate of drug-likeness (QED) is 0.572. The molecule has 150 valence electrons. The highest BCUT2D eigenvalue weighted by atomic mass is 32.2. The second-order valence-corrected chi connectivity index (χ2v) is 8.51. The molecule has 0 bridgehead atoms. The zero-order valence-corrected chi connectivity index (χ0v) is 16.8. The van der Waals surface area contributed by atoms with Gasteiger partial charge in [-0.2, -0.15) is 4.31 Å². The molecular weight excluding hydrogens is 376 g/mol. The van der Waals surface area contributed by atoms with Crippen molar-refractivity contribution in [2.45, 2.75) is 30.7 Å². The number of nitrogens with zero attached hydrogens (tertiary/aromatic N) is 2. The number of hydrogen-bond donors (Lipinski definition) is 2. The molecule has 0 saturated carbocycles.